The van der Waals surface area contributed by atoms with Gasteiger partial charge >= 0.3 is 6.03 Å². The van der Waals surface area contributed by atoms with E-state index in [1.807, 2.05) is 6.92 Å². The van der Waals surface area contributed by atoms with E-state index in [1.165, 1.54) is 6.92 Å². The predicted molar refractivity (Wildman–Crippen MR) is 49.6 cm³/mol. The van der Waals surface area contributed by atoms with Gasteiger partial charge in [-0.05, 0) is 26.7 Å². The molecule has 0 aliphatic heterocycles. The molecule has 0 aromatic rings. The molecule has 13 heavy (non-hydrogen) atoms. The van der Waals surface area contributed by atoms with Crippen LogP contribution in [-0.4, -0.2) is 22.9 Å². The lowest BCUT2D eigenvalue weighted by Crippen LogP contribution is -2.46. The van der Waals surface area contributed by atoms with Gasteiger partial charge < -0.3 is 5.32 Å². The second-order valence-corrected chi connectivity index (χ2v) is 4.27. The number of hydrogen-bond donors (Lipinski definition) is 2. The van der Waals surface area contributed by atoms with E-state index < -0.39 is 17.3 Å². The fourth-order valence-electron chi connectivity index (χ4n) is 0.829. The maximum Gasteiger partial charge on any atom is 0.321 e. The minimum atomic E-state index is -0.683. The van der Waals surface area contributed by atoms with Gasteiger partial charge in [-0.1, -0.05) is 0 Å². The molecule has 3 amide bonds. The molecule has 0 saturated heterocycles. The highest BCUT2D eigenvalue weighted by molar-refractivity contribution is 6.31. The third-order valence-corrected chi connectivity index (χ3v) is 2.21. The Morgan fingerprint density at radius 3 is 2.38 bits per heavy atom. The second-order valence-electron chi connectivity index (χ2n) is 3.62. The summed E-state index contributed by atoms with van der Waals surface area (Å²) in [6.07, 6.45) is 1.93. The zero-order valence-corrected chi connectivity index (χ0v) is 8.44. The van der Waals surface area contributed by atoms with Crippen molar-refractivity contribution in [3.8, 4) is 0 Å². The van der Waals surface area contributed by atoms with E-state index in [4.69, 9.17) is 11.6 Å². The molecule has 0 spiro atoms. The first-order chi connectivity index (χ1) is 5.93. The van der Waals surface area contributed by atoms with E-state index in [0.29, 0.717) is 0 Å². The van der Waals surface area contributed by atoms with Gasteiger partial charge in [-0.25, -0.2) is 4.79 Å². The molecule has 5 heteroatoms. The first-order valence-corrected chi connectivity index (χ1v) is 4.64. The molecule has 1 atom stereocenters. The number of nitrogens with one attached hydrogen (secondary N) is 2. The minimum Gasteiger partial charge on any atom is -0.333 e. The summed E-state index contributed by atoms with van der Waals surface area (Å²) in [5.41, 5.74) is -0.111. The van der Waals surface area contributed by atoms with Crippen LogP contribution in [0.4, 0.5) is 4.79 Å². The van der Waals surface area contributed by atoms with Crippen LogP contribution in [0.5, 0.6) is 0 Å². The maximum absolute atomic E-state index is 11.1. The van der Waals surface area contributed by atoms with Crippen LogP contribution in [0.25, 0.3) is 0 Å². The lowest BCUT2D eigenvalue weighted by Gasteiger charge is -2.12. The second kappa shape index (κ2) is 3.54. The first-order valence-electron chi connectivity index (χ1n) is 4.20. The van der Waals surface area contributed by atoms with Crippen LogP contribution in [0.15, 0.2) is 0 Å². The molecule has 1 aliphatic rings. The fourth-order valence-corrected chi connectivity index (χ4v) is 0.884. The summed E-state index contributed by atoms with van der Waals surface area (Å²) in [6.45, 7) is 3.45. The Morgan fingerprint density at radius 1 is 1.46 bits per heavy atom. The third-order valence-electron chi connectivity index (χ3n) is 2.01. The zero-order chi connectivity index (χ0) is 10.1. The lowest BCUT2D eigenvalue weighted by atomic mass is 10.3. The summed E-state index contributed by atoms with van der Waals surface area (Å²) in [5, 5.41) is 4.16. The molecule has 1 saturated carbocycles. The number of amides is 3. The largest absolute Gasteiger partial charge is 0.333 e. The van der Waals surface area contributed by atoms with Crippen molar-refractivity contribution in [3.05, 3.63) is 0 Å². The normalized spacial score (nSPS) is 20.2. The van der Waals surface area contributed by atoms with Crippen molar-refractivity contribution in [2.24, 2.45) is 0 Å². The number of urea groups is 1. The molecule has 4 nitrogen and oxygen atoms in total. The van der Waals surface area contributed by atoms with Gasteiger partial charge in [0.2, 0.25) is 5.91 Å². The van der Waals surface area contributed by atoms with E-state index in [0.717, 1.165) is 12.8 Å². The van der Waals surface area contributed by atoms with Crippen LogP contribution in [0.1, 0.15) is 26.7 Å². The van der Waals surface area contributed by atoms with Gasteiger partial charge in [-0.2, -0.15) is 0 Å². The van der Waals surface area contributed by atoms with Crippen LogP contribution in [0, 0.1) is 0 Å². The van der Waals surface area contributed by atoms with Crippen LogP contribution in [0.2, 0.25) is 0 Å². The zero-order valence-electron chi connectivity index (χ0n) is 7.69. The molecule has 0 bridgehead atoms. The minimum absolute atomic E-state index is 0.111. The van der Waals surface area contributed by atoms with Gasteiger partial charge in [0.25, 0.3) is 0 Å². The van der Waals surface area contributed by atoms with Crippen molar-refractivity contribution < 1.29 is 9.59 Å². The summed E-state index contributed by atoms with van der Waals surface area (Å²) < 4.78 is 0. The standard InChI is InChI=1S/C8H13ClN2O2/c1-5(9)6(12)10-7(13)11-8(2)3-4-8/h5H,3-4H2,1-2H3,(H2,10,11,12,13). The summed E-state index contributed by atoms with van der Waals surface area (Å²) in [4.78, 5) is 22.1. The lowest BCUT2D eigenvalue weighted by molar-refractivity contribution is -0.119. The molecular formula is C8H13ClN2O2. The van der Waals surface area contributed by atoms with Crippen LogP contribution >= 0.6 is 11.6 Å². The van der Waals surface area contributed by atoms with Gasteiger partial charge in [0.1, 0.15) is 5.38 Å². The Hall–Kier alpha value is -0.770. The molecular weight excluding hydrogens is 192 g/mol. The van der Waals surface area contributed by atoms with Gasteiger partial charge in [0.05, 0.1) is 0 Å². The molecule has 74 valence electrons. The van der Waals surface area contributed by atoms with Gasteiger partial charge in [-0.15, -0.1) is 11.6 Å². The number of halogens is 1. The number of imide groups is 1. The highest BCUT2D eigenvalue weighted by Gasteiger charge is 2.38. The number of alkyl halides is 1. The number of hydrogen-bond acceptors (Lipinski definition) is 2. The first kappa shape index (κ1) is 10.3. The van der Waals surface area contributed by atoms with E-state index in [1.54, 1.807) is 0 Å². The van der Waals surface area contributed by atoms with Gasteiger partial charge in [0, 0.05) is 5.54 Å². The topological polar surface area (TPSA) is 58.2 Å². The summed E-state index contributed by atoms with van der Waals surface area (Å²) in [5.74, 6) is -0.469. The van der Waals surface area contributed by atoms with E-state index in [9.17, 15) is 9.59 Å². The van der Waals surface area contributed by atoms with Crippen molar-refractivity contribution in [3.63, 3.8) is 0 Å². The summed E-state index contributed by atoms with van der Waals surface area (Å²) in [7, 11) is 0. The average Bonchev–Trinajstić information content (AvgIpc) is 2.66. The van der Waals surface area contributed by atoms with Crippen LogP contribution in [-0.2, 0) is 4.79 Å². The molecule has 0 heterocycles. The summed E-state index contributed by atoms with van der Waals surface area (Å²) in [6, 6.07) is -0.461. The average molecular weight is 205 g/mol. The Labute approximate surface area is 82.0 Å². The highest BCUT2D eigenvalue weighted by Crippen LogP contribution is 2.33. The van der Waals surface area contributed by atoms with Crippen LogP contribution < -0.4 is 10.6 Å². The van der Waals surface area contributed by atoms with Gasteiger partial charge in [-0.3, -0.25) is 10.1 Å². The molecule has 1 rings (SSSR count). The Morgan fingerprint density at radius 2 is 2.00 bits per heavy atom. The molecule has 1 aliphatic carbocycles. The van der Waals surface area contributed by atoms with Gasteiger partial charge in [0.15, 0.2) is 0 Å². The van der Waals surface area contributed by atoms with Crippen molar-refractivity contribution in [1.29, 1.82) is 0 Å². The Balaban J connectivity index is 2.29. The third kappa shape index (κ3) is 3.22. The maximum atomic E-state index is 11.1. The number of carbonyl (C=O) groups is 2. The SMILES string of the molecule is CC(Cl)C(=O)NC(=O)NC1(C)CC1. The van der Waals surface area contributed by atoms with Crippen molar-refractivity contribution >= 4 is 23.5 Å². The molecule has 0 aromatic carbocycles. The molecule has 1 unspecified atom stereocenters. The molecule has 0 radical (unpaired) electrons. The monoisotopic (exact) mass is 204 g/mol. The van der Waals surface area contributed by atoms with Crippen molar-refractivity contribution in [1.82, 2.24) is 10.6 Å². The quantitative estimate of drug-likeness (QED) is 0.660. The Bertz CT molecular complexity index is 236. The predicted octanol–water partition coefficient (Wildman–Crippen LogP) is 0.992. The highest BCUT2D eigenvalue weighted by atomic mass is 35.5. The number of rotatable bonds is 2. The smallest absolute Gasteiger partial charge is 0.321 e. The van der Waals surface area contributed by atoms with E-state index in [-0.39, 0.29) is 5.54 Å². The summed E-state index contributed by atoms with van der Waals surface area (Å²) >= 11 is 5.47. The van der Waals surface area contributed by atoms with Crippen LogP contribution in [0.3, 0.4) is 0 Å². The fraction of sp³-hybridized carbons (Fsp3) is 0.750. The van der Waals surface area contributed by atoms with Crippen molar-refractivity contribution in [2.75, 3.05) is 0 Å². The molecule has 2 N–H and O–H groups in total. The van der Waals surface area contributed by atoms with Crippen molar-refractivity contribution in [2.45, 2.75) is 37.6 Å². The Kier molecular flexibility index (Phi) is 2.81. The molecule has 0 aromatic heterocycles. The van der Waals surface area contributed by atoms with E-state index in [2.05, 4.69) is 10.6 Å². The number of carbonyl (C=O) groups excluding carboxylic acids is 2. The van der Waals surface area contributed by atoms with E-state index >= 15 is 0 Å². The molecule has 1 fully saturated rings.